The van der Waals surface area contributed by atoms with Gasteiger partial charge in [-0.3, -0.25) is 0 Å². The molecule has 2 nitrogen and oxygen atoms in total. The van der Waals surface area contributed by atoms with Crippen LogP contribution in [0.25, 0.3) is 32.7 Å². The van der Waals surface area contributed by atoms with Crippen molar-refractivity contribution in [1.82, 2.24) is 0 Å². The monoisotopic (exact) mass is 328 g/mol. The summed E-state index contributed by atoms with van der Waals surface area (Å²) < 4.78 is 6.04. The van der Waals surface area contributed by atoms with Gasteiger partial charge in [0.1, 0.15) is 11.5 Å². The lowest BCUT2D eigenvalue weighted by Crippen LogP contribution is -1.98. The first-order valence-corrected chi connectivity index (χ1v) is 8.65. The largest absolute Gasteiger partial charge is 0.507 e. The van der Waals surface area contributed by atoms with Gasteiger partial charge in [-0.2, -0.15) is 0 Å². The van der Waals surface area contributed by atoms with E-state index in [0.717, 1.165) is 44.8 Å². The molecule has 1 N–H and O–H groups in total. The van der Waals surface area contributed by atoms with Crippen LogP contribution in [0, 0.1) is 0 Å². The van der Waals surface area contributed by atoms with Gasteiger partial charge in [-0.15, -0.1) is 0 Å². The molecule has 0 saturated heterocycles. The molecule has 0 amide bonds. The van der Waals surface area contributed by atoms with E-state index in [9.17, 15) is 5.11 Å². The van der Waals surface area contributed by atoms with Crippen molar-refractivity contribution in [2.45, 2.75) is 13.3 Å². The first-order valence-electron chi connectivity index (χ1n) is 8.65. The van der Waals surface area contributed by atoms with Crippen LogP contribution in [0.15, 0.2) is 72.8 Å². The van der Waals surface area contributed by atoms with Crippen LogP contribution in [0.4, 0.5) is 0 Å². The highest BCUT2D eigenvalue weighted by atomic mass is 16.5. The number of phenols is 1. The number of phenolic OH excluding ortho intramolecular Hbond substituents is 1. The average Bonchev–Trinajstić information content (AvgIpc) is 2.66. The van der Waals surface area contributed by atoms with E-state index >= 15 is 0 Å². The van der Waals surface area contributed by atoms with Crippen molar-refractivity contribution in [1.29, 1.82) is 0 Å². The molecule has 0 spiro atoms. The zero-order chi connectivity index (χ0) is 17.2. The molecule has 25 heavy (non-hydrogen) atoms. The number of ether oxygens (including phenoxy) is 1. The van der Waals surface area contributed by atoms with Gasteiger partial charge in [0.2, 0.25) is 0 Å². The summed E-state index contributed by atoms with van der Waals surface area (Å²) >= 11 is 0. The molecule has 0 bridgehead atoms. The topological polar surface area (TPSA) is 29.5 Å². The fourth-order valence-electron chi connectivity index (χ4n) is 3.36. The summed E-state index contributed by atoms with van der Waals surface area (Å²) in [4.78, 5) is 0. The minimum atomic E-state index is 0.274. The van der Waals surface area contributed by atoms with E-state index < -0.39 is 0 Å². The standard InChI is InChI=1S/C23H20O2/c1-2-15-25-21-14-12-17-8-4-6-10-19(17)23(21)22-18-9-5-3-7-16(18)11-13-20(22)24/h3-14,24H,2,15H2,1H3. The Morgan fingerprint density at radius 2 is 1.32 bits per heavy atom. The fourth-order valence-corrected chi connectivity index (χ4v) is 3.36. The summed E-state index contributed by atoms with van der Waals surface area (Å²) in [5.74, 6) is 1.09. The van der Waals surface area contributed by atoms with Gasteiger partial charge in [0, 0.05) is 11.1 Å². The van der Waals surface area contributed by atoms with Gasteiger partial charge in [0.05, 0.1) is 6.61 Å². The van der Waals surface area contributed by atoms with E-state index in [1.807, 2.05) is 36.4 Å². The summed E-state index contributed by atoms with van der Waals surface area (Å²) in [7, 11) is 0. The van der Waals surface area contributed by atoms with E-state index in [2.05, 4.69) is 37.3 Å². The van der Waals surface area contributed by atoms with E-state index in [0.29, 0.717) is 6.61 Å². The molecule has 2 heteroatoms. The summed E-state index contributed by atoms with van der Waals surface area (Å²) in [5, 5.41) is 15.1. The predicted molar refractivity (Wildman–Crippen MR) is 104 cm³/mol. The Kier molecular flexibility index (Phi) is 4.02. The highest BCUT2D eigenvalue weighted by Crippen LogP contribution is 2.44. The van der Waals surface area contributed by atoms with Crippen LogP contribution < -0.4 is 4.74 Å². The minimum absolute atomic E-state index is 0.274. The van der Waals surface area contributed by atoms with Crippen LogP contribution in [0.1, 0.15) is 13.3 Å². The summed E-state index contributed by atoms with van der Waals surface area (Å²) in [5.41, 5.74) is 1.79. The van der Waals surface area contributed by atoms with Crippen LogP contribution >= 0.6 is 0 Å². The number of rotatable bonds is 4. The van der Waals surface area contributed by atoms with Crippen LogP contribution in [-0.4, -0.2) is 11.7 Å². The molecule has 0 aliphatic rings. The molecule has 0 heterocycles. The average molecular weight is 328 g/mol. The van der Waals surface area contributed by atoms with E-state index in [-0.39, 0.29) is 5.75 Å². The third kappa shape index (κ3) is 2.70. The Morgan fingerprint density at radius 3 is 2.00 bits per heavy atom. The Morgan fingerprint density at radius 1 is 0.720 bits per heavy atom. The lowest BCUT2D eigenvalue weighted by molar-refractivity contribution is 0.319. The fraction of sp³-hybridized carbons (Fsp3) is 0.130. The van der Waals surface area contributed by atoms with Crippen molar-refractivity contribution in [3.63, 3.8) is 0 Å². The molecule has 0 saturated carbocycles. The zero-order valence-corrected chi connectivity index (χ0v) is 14.2. The molecule has 4 aromatic carbocycles. The van der Waals surface area contributed by atoms with Gasteiger partial charge in [-0.05, 0) is 40.1 Å². The van der Waals surface area contributed by atoms with Gasteiger partial charge in [-0.25, -0.2) is 0 Å². The van der Waals surface area contributed by atoms with Gasteiger partial charge >= 0.3 is 0 Å². The number of aromatic hydroxyl groups is 1. The third-order valence-corrected chi connectivity index (χ3v) is 4.51. The van der Waals surface area contributed by atoms with Gasteiger partial charge in [0.15, 0.2) is 0 Å². The molecule has 4 aromatic rings. The minimum Gasteiger partial charge on any atom is -0.507 e. The molecule has 0 aliphatic heterocycles. The maximum absolute atomic E-state index is 10.7. The molecule has 0 unspecified atom stereocenters. The van der Waals surface area contributed by atoms with Crippen molar-refractivity contribution in [2.24, 2.45) is 0 Å². The number of hydrogen-bond acceptors (Lipinski definition) is 2. The van der Waals surface area contributed by atoms with Crippen molar-refractivity contribution in [3.05, 3.63) is 72.8 Å². The Balaban J connectivity index is 2.11. The lowest BCUT2D eigenvalue weighted by atomic mass is 9.92. The summed E-state index contributed by atoms with van der Waals surface area (Å²) in [6.07, 6.45) is 0.938. The second kappa shape index (κ2) is 6.48. The normalized spacial score (nSPS) is 11.1. The molecular weight excluding hydrogens is 308 g/mol. The second-order valence-corrected chi connectivity index (χ2v) is 6.19. The Labute approximate surface area is 147 Å². The first kappa shape index (κ1) is 15.5. The quantitative estimate of drug-likeness (QED) is 0.486. The van der Waals surface area contributed by atoms with Gasteiger partial charge in [-0.1, -0.05) is 67.6 Å². The molecule has 0 aliphatic carbocycles. The smallest absolute Gasteiger partial charge is 0.127 e. The first-order chi connectivity index (χ1) is 12.3. The maximum atomic E-state index is 10.7. The highest BCUT2D eigenvalue weighted by Gasteiger charge is 2.17. The second-order valence-electron chi connectivity index (χ2n) is 6.19. The Bertz CT molecular complexity index is 1050. The molecule has 0 radical (unpaired) electrons. The van der Waals surface area contributed by atoms with Crippen molar-refractivity contribution in [2.75, 3.05) is 6.61 Å². The summed E-state index contributed by atoms with van der Waals surface area (Å²) in [6, 6.07) is 24.2. The van der Waals surface area contributed by atoms with Crippen LogP contribution in [0.2, 0.25) is 0 Å². The molecule has 4 rings (SSSR count). The SMILES string of the molecule is CCCOc1ccc2ccccc2c1-c1c(O)ccc2ccccc12. The zero-order valence-electron chi connectivity index (χ0n) is 14.2. The van der Waals surface area contributed by atoms with Crippen molar-refractivity contribution < 1.29 is 9.84 Å². The van der Waals surface area contributed by atoms with Gasteiger partial charge < -0.3 is 9.84 Å². The lowest BCUT2D eigenvalue weighted by Gasteiger charge is -2.17. The molecule has 0 aromatic heterocycles. The number of hydrogen-bond donors (Lipinski definition) is 1. The van der Waals surface area contributed by atoms with Crippen LogP contribution in [0.5, 0.6) is 11.5 Å². The van der Waals surface area contributed by atoms with E-state index in [1.54, 1.807) is 6.07 Å². The highest BCUT2D eigenvalue weighted by molar-refractivity contribution is 6.09. The predicted octanol–water partition coefficient (Wildman–Crippen LogP) is 6.15. The molecule has 0 fully saturated rings. The molecule has 124 valence electrons. The molecule has 0 atom stereocenters. The molecular formula is C23H20O2. The van der Waals surface area contributed by atoms with Gasteiger partial charge in [0.25, 0.3) is 0 Å². The van der Waals surface area contributed by atoms with Crippen LogP contribution in [0.3, 0.4) is 0 Å². The third-order valence-electron chi connectivity index (χ3n) is 4.51. The van der Waals surface area contributed by atoms with Crippen LogP contribution in [-0.2, 0) is 0 Å². The number of fused-ring (bicyclic) bond motifs is 2. The summed E-state index contributed by atoms with van der Waals surface area (Å²) in [6.45, 7) is 2.74. The number of benzene rings is 4. The van der Waals surface area contributed by atoms with E-state index in [1.165, 1.54) is 0 Å². The van der Waals surface area contributed by atoms with Crippen molar-refractivity contribution >= 4 is 21.5 Å². The maximum Gasteiger partial charge on any atom is 0.127 e. The van der Waals surface area contributed by atoms with Crippen molar-refractivity contribution in [3.8, 4) is 22.6 Å². The Hall–Kier alpha value is -3.00. The van der Waals surface area contributed by atoms with E-state index in [4.69, 9.17) is 4.74 Å².